The molecule has 0 radical (unpaired) electrons. The summed E-state index contributed by atoms with van der Waals surface area (Å²) >= 11 is 0. The smallest absolute Gasteiger partial charge is 0.489 e. The fraction of sp³-hybridized carbons (Fsp3) is 0.267. The molecule has 98 valence electrons. The molecule has 1 saturated heterocycles. The monoisotopic (exact) mass is 258 g/mol. The third-order valence-corrected chi connectivity index (χ3v) is 3.10. The first-order valence-electron chi connectivity index (χ1n) is 6.27. The molecule has 0 N–H and O–H groups in total. The summed E-state index contributed by atoms with van der Waals surface area (Å²) in [6.07, 6.45) is -0.186. The molecule has 1 heterocycles. The van der Waals surface area contributed by atoms with Crippen molar-refractivity contribution in [2.24, 2.45) is 0 Å². The summed E-state index contributed by atoms with van der Waals surface area (Å²) in [5, 5.41) is 2.19. The zero-order valence-electron chi connectivity index (χ0n) is 10.4. The van der Waals surface area contributed by atoms with Crippen molar-refractivity contribution >= 4 is 16.9 Å². The van der Waals surface area contributed by atoms with Crippen LogP contribution < -0.4 is 4.74 Å². The van der Waals surface area contributed by atoms with E-state index in [9.17, 15) is 4.79 Å². The van der Waals surface area contributed by atoms with Gasteiger partial charge in [0.15, 0.2) is 0 Å². The van der Waals surface area contributed by atoms with E-state index in [1.165, 1.54) is 0 Å². The first kappa shape index (κ1) is 11.8. The van der Waals surface area contributed by atoms with Gasteiger partial charge >= 0.3 is 6.16 Å². The summed E-state index contributed by atoms with van der Waals surface area (Å²) in [4.78, 5) is 11.0. The molecule has 2 aromatic rings. The van der Waals surface area contributed by atoms with Crippen molar-refractivity contribution in [3.05, 3.63) is 42.5 Å². The Balaban J connectivity index is 1.73. The largest absolute Gasteiger partial charge is 0.508 e. The number of rotatable bonds is 3. The molecule has 0 aliphatic carbocycles. The number of ether oxygens (including phenoxy) is 3. The van der Waals surface area contributed by atoms with Crippen molar-refractivity contribution < 1.29 is 19.0 Å². The predicted octanol–water partition coefficient (Wildman–Crippen LogP) is 3.14. The molecule has 1 fully saturated rings. The molecule has 1 aliphatic heterocycles. The van der Waals surface area contributed by atoms with E-state index < -0.39 is 6.16 Å². The Kier molecular flexibility index (Phi) is 3.23. The van der Waals surface area contributed by atoms with Gasteiger partial charge in [-0.15, -0.1) is 0 Å². The Labute approximate surface area is 110 Å². The average Bonchev–Trinajstić information content (AvgIpc) is 2.45. The van der Waals surface area contributed by atoms with Crippen LogP contribution in [0.25, 0.3) is 10.8 Å². The number of benzene rings is 2. The summed E-state index contributed by atoms with van der Waals surface area (Å²) < 4.78 is 15.5. The Hall–Kier alpha value is -2.23. The highest BCUT2D eigenvalue weighted by molar-refractivity contribution is 5.88. The number of carbonyl (C=O) groups is 1. The van der Waals surface area contributed by atoms with Gasteiger partial charge < -0.3 is 14.2 Å². The van der Waals surface area contributed by atoms with Crippen LogP contribution in [0.15, 0.2) is 42.5 Å². The molecule has 0 bridgehead atoms. The molecule has 2 aromatic carbocycles. The van der Waals surface area contributed by atoms with E-state index in [1.54, 1.807) is 0 Å². The first-order chi connectivity index (χ1) is 9.33. The van der Waals surface area contributed by atoms with Crippen molar-refractivity contribution in [1.82, 2.24) is 0 Å². The molecule has 0 spiro atoms. The second-order valence-electron chi connectivity index (χ2n) is 4.42. The third kappa shape index (κ3) is 2.62. The molecule has 1 aliphatic rings. The highest BCUT2D eigenvalue weighted by Gasteiger charge is 2.22. The lowest BCUT2D eigenvalue weighted by molar-refractivity contribution is -0.0370. The zero-order chi connectivity index (χ0) is 13.1. The van der Waals surface area contributed by atoms with Gasteiger partial charge in [0, 0.05) is 11.8 Å². The van der Waals surface area contributed by atoms with Gasteiger partial charge in [0.25, 0.3) is 0 Å². The normalized spacial score (nSPS) is 18.7. The van der Waals surface area contributed by atoms with E-state index in [0.717, 1.165) is 16.5 Å². The fourth-order valence-corrected chi connectivity index (χ4v) is 2.12. The summed E-state index contributed by atoms with van der Waals surface area (Å²) in [6.45, 7) is 0.742. The molecule has 3 rings (SSSR count). The summed E-state index contributed by atoms with van der Waals surface area (Å²) in [6, 6.07) is 13.9. The molecule has 0 saturated carbocycles. The molecular formula is C15H14O4. The van der Waals surface area contributed by atoms with E-state index in [4.69, 9.17) is 14.2 Å². The molecule has 0 aromatic heterocycles. The van der Waals surface area contributed by atoms with Crippen LogP contribution in [0, 0.1) is 0 Å². The van der Waals surface area contributed by atoms with Gasteiger partial charge in [-0.25, -0.2) is 4.79 Å². The van der Waals surface area contributed by atoms with Crippen molar-refractivity contribution in [3.8, 4) is 5.75 Å². The number of carbonyl (C=O) groups excluding carboxylic acids is 1. The van der Waals surface area contributed by atoms with Gasteiger partial charge in [-0.3, -0.25) is 0 Å². The number of hydrogen-bond acceptors (Lipinski definition) is 4. The molecule has 0 amide bonds. The molecule has 1 unspecified atom stereocenters. The highest BCUT2D eigenvalue weighted by atomic mass is 16.7. The maximum atomic E-state index is 11.0. The lowest BCUT2D eigenvalue weighted by Gasteiger charge is -2.22. The SMILES string of the molecule is O=C1OCCC(COc2cccc3ccccc23)O1. The Morgan fingerprint density at radius 2 is 2.00 bits per heavy atom. The average molecular weight is 258 g/mol. The van der Waals surface area contributed by atoms with Crippen molar-refractivity contribution in [2.75, 3.05) is 13.2 Å². The van der Waals surface area contributed by atoms with Gasteiger partial charge in [0.1, 0.15) is 18.5 Å². The summed E-state index contributed by atoms with van der Waals surface area (Å²) in [5.41, 5.74) is 0. The second-order valence-corrected chi connectivity index (χ2v) is 4.42. The third-order valence-electron chi connectivity index (χ3n) is 3.10. The topological polar surface area (TPSA) is 44.8 Å². The van der Waals surface area contributed by atoms with Crippen LogP contribution in [0.5, 0.6) is 5.75 Å². The van der Waals surface area contributed by atoms with Crippen molar-refractivity contribution in [3.63, 3.8) is 0 Å². The molecule has 4 heteroatoms. The van der Waals surface area contributed by atoms with Crippen molar-refractivity contribution in [1.29, 1.82) is 0 Å². The van der Waals surface area contributed by atoms with Crippen LogP contribution in [0.4, 0.5) is 4.79 Å². The molecule has 19 heavy (non-hydrogen) atoms. The van der Waals surface area contributed by atoms with Crippen LogP contribution in [0.1, 0.15) is 6.42 Å². The van der Waals surface area contributed by atoms with Crippen LogP contribution >= 0.6 is 0 Å². The predicted molar refractivity (Wildman–Crippen MR) is 70.3 cm³/mol. The lowest BCUT2D eigenvalue weighted by Crippen LogP contribution is -2.32. The van der Waals surface area contributed by atoms with E-state index in [0.29, 0.717) is 19.6 Å². The van der Waals surface area contributed by atoms with Crippen LogP contribution in [-0.4, -0.2) is 25.5 Å². The standard InChI is InChI=1S/C15H14O4/c16-15-17-9-8-12(19-15)10-18-14-7-3-5-11-4-1-2-6-13(11)14/h1-7,12H,8-10H2. The van der Waals surface area contributed by atoms with Crippen LogP contribution in [0.3, 0.4) is 0 Å². The minimum Gasteiger partial charge on any atom is -0.489 e. The number of hydrogen-bond donors (Lipinski definition) is 0. The molecule has 4 nitrogen and oxygen atoms in total. The van der Waals surface area contributed by atoms with E-state index in [1.807, 2.05) is 42.5 Å². The Morgan fingerprint density at radius 1 is 1.16 bits per heavy atom. The van der Waals surface area contributed by atoms with Gasteiger partial charge in [0.05, 0.1) is 6.61 Å². The number of cyclic esters (lactones) is 2. The molecular weight excluding hydrogens is 244 g/mol. The Bertz CT molecular complexity index is 588. The maximum absolute atomic E-state index is 11.0. The summed E-state index contributed by atoms with van der Waals surface area (Å²) in [7, 11) is 0. The molecule has 1 atom stereocenters. The van der Waals surface area contributed by atoms with Crippen LogP contribution in [0.2, 0.25) is 0 Å². The quantitative estimate of drug-likeness (QED) is 0.793. The second kappa shape index (κ2) is 5.18. The van der Waals surface area contributed by atoms with E-state index >= 15 is 0 Å². The first-order valence-corrected chi connectivity index (χ1v) is 6.27. The van der Waals surface area contributed by atoms with E-state index in [-0.39, 0.29) is 6.10 Å². The number of fused-ring (bicyclic) bond motifs is 1. The zero-order valence-corrected chi connectivity index (χ0v) is 10.4. The van der Waals surface area contributed by atoms with Gasteiger partial charge in [0.2, 0.25) is 0 Å². The Morgan fingerprint density at radius 3 is 2.89 bits per heavy atom. The fourth-order valence-electron chi connectivity index (χ4n) is 2.12. The minimum atomic E-state index is -0.613. The van der Waals surface area contributed by atoms with Gasteiger partial charge in [-0.05, 0) is 11.5 Å². The summed E-state index contributed by atoms with van der Waals surface area (Å²) in [5.74, 6) is 0.806. The van der Waals surface area contributed by atoms with Gasteiger partial charge in [-0.2, -0.15) is 0 Å². The van der Waals surface area contributed by atoms with Crippen LogP contribution in [-0.2, 0) is 9.47 Å². The van der Waals surface area contributed by atoms with E-state index in [2.05, 4.69) is 0 Å². The maximum Gasteiger partial charge on any atom is 0.508 e. The van der Waals surface area contributed by atoms with Crippen molar-refractivity contribution in [2.45, 2.75) is 12.5 Å². The highest BCUT2D eigenvalue weighted by Crippen LogP contribution is 2.25. The van der Waals surface area contributed by atoms with Gasteiger partial charge in [-0.1, -0.05) is 36.4 Å². The minimum absolute atomic E-state index is 0.236. The lowest BCUT2D eigenvalue weighted by atomic mass is 10.1.